The highest BCUT2D eigenvalue weighted by Crippen LogP contribution is 2.25. The van der Waals surface area contributed by atoms with Gasteiger partial charge in [-0.2, -0.15) is 0 Å². The summed E-state index contributed by atoms with van der Waals surface area (Å²) in [6, 6.07) is 23.9. The minimum absolute atomic E-state index is 0.821. The number of hydrogen-bond acceptors (Lipinski definition) is 1. The molecule has 0 amide bonds. The van der Waals surface area contributed by atoms with Gasteiger partial charge in [0.2, 0.25) is 8.32 Å². The first-order chi connectivity index (χ1) is 10.8. The Bertz CT molecular complexity index is 486. The van der Waals surface area contributed by atoms with Crippen LogP contribution in [0.2, 0.25) is 12.1 Å². The molecule has 0 N–H and O–H groups in total. The van der Waals surface area contributed by atoms with Gasteiger partial charge in [0.15, 0.2) is 0 Å². The SMILES string of the molecule is CCO[Si](CBr)(CCc1ccccc1)CCc1ccccc1. The summed E-state index contributed by atoms with van der Waals surface area (Å²) in [6.07, 6.45) is 2.24. The van der Waals surface area contributed by atoms with Crippen molar-refractivity contribution in [3.8, 4) is 0 Å². The number of rotatable bonds is 9. The normalized spacial score (nSPS) is 11.5. The largest absolute Gasteiger partial charge is 0.416 e. The first kappa shape index (κ1) is 17.5. The second-order valence-electron chi connectivity index (χ2n) is 5.72. The van der Waals surface area contributed by atoms with E-state index in [0.29, 0.717) is 0 Å². The Kier molecular flexibility index (Phi) is 7.36. The second kappa shape index (κ2) is 9.28. The Morgan fingerprint density at radius 1 is 0.818 bits per heavy atom. The molecule has 0 atom stereocenters. The molecule has 0 radical (unpaired) electrons. The minimum atomic E-state index is -1.72. The highest BCUT2D eigenvalue weighted by atomic mass is 79.9. The van der Waals surface area contributed by atoms with Crippen molar-refractivity contribution in [2.75, 3.05) is 11.6 Å². The lowest BCUT2D eigenvalue weighted by atomic mass is 10.2. The van der Waals surface area contributed by atoms with Gasteiger partial charge in [-0.1, -0.05) is 76.6 Å². The molecule has 0 saturated heterocycles. The van der Waals surface area contributed by atoms with E-state index < -0.39 is 8.32 Å². The fourth-order valence-electron chi connectivity index (χ4n) is 2.78. The molecule has 22 heavy (non-hydrogen) atoms. The van der Waals surface area contributed by atoms with E-state index in [4.69, 9.17) is 4.43 Å². The smallest absolute Gasteiger partial charge is 0.203 e. The Balaban J connectivity index is 1.99. The van der Waals surface area contributed by atoms with Gasteiger partial charge >= 0.3 is 0 Å². The summed E-state index contributed by atoms with van der Waals surface area (Å²) in [4.78, 5) is 1.02. The van der Waals surface area contributed by atoms with Crippen LogP contribution in [0.25, 0.3) is 0 Å². The molecule has 0 bridgehead atoms. The van der Waals surface area contributed by atoms with Crippen LogP contribution in [0, 0.1) is 0 Å². The van der Waals surface area contributed by atoms with Gasteiger partial charge in [-0.25, -0.2) is 0 Å². The first-order valence-electron chi connectivity index (χ1n) is 8.06. The molecule has 0 fully saturated rings. The topological polar surface area (TPSA) is 9.23 Å². The maximum atomic E-state index is 6.31. The van der Waals surface area contributed by atoms with Crippen molar-refractivity contribution in [1.82, 2.24) is 0 Å². The van der Waals surface area contributed by atoms with Gasteiger partial charge in [0.1, 0.15) is 0 Å². The Morgan fingerprint density at radius 3 is 1.64 bits per heavy atom. The molecular formula is C19H25BrOSi. The molecule has 0 aliphatic heterocycles. The number of hydrogen-bond donors (Lipinski definition) is 0. The molecule has 118 valence electrons. The lowest BCUT2D eigenvalue weighted by molar-refractivity contribution is 0.322. The van der Waals surface area contributed by atoms with E-state index in [0.717, 1.165) is 24.4 Å². The number of aryl methyl sites for hydroxylation is 2. The summed E-state index contributed by atoms with van der Waals surface area (Å²) in [5.74, 6) is 0. The van der Waals surface area contributed by atoms with E-state index in [9.17, 15) is 0 Å². The Morgan fingerprint density at radius 2 is 1.27 bits per heavy atom. The standard InChI is InChI=1S/C19H25BrOSi/c1-2-21-22(17-20,15-13-18-9-5-3-6-10-18)16-14-19-11-7-4-8-12-19/h3-12H,2,13-17H2,1H3. The van der Waals surface area contributed by atoms with E-state index in [1.54, 1.807) is 0 Å². The number of halogens is 1. The van der Waals surface area contributed by atoms with Crippen LogP contribution in [0.1, 0.15) is 18.1 Å². The minimum Gasteiger partial charge on any atom is -0.416 e. The zero-order valence-electron chi connectivity index (χ0n) is 13.3. The summed E-state index contributed by atoms with van der Waals surface area (Å²) in [7, 11) is -1.72. The zero-order chi connectivity index (χ0) is 15.7. The molecule has 0 heterocycles. The van der Waals surface area contributed by atoms with Gasteiger partial charge < -0.3 is 4.43 Å². The van der Waals surface area contributed by atoms with Gasteiger partial charge in [0.25, 0.3) is 0 Å². The van der Waals surface area contributed by atoms with Crippen LogP contribution >= 0.6 is 15.9 Å². The summed E-state index contributed by atoms with van der Waals surface area (Å²) in [6.45, 7) is 2.94. The van der Waals surface area contributed by atoms with Gasteiger partial charge in [-0.05, 0) is 43.0 Å². The molecule has 1 nitrogen and oxygen atoms in total. The quantitative estimate of drug-likeness (QED) is 0.421. The third kappa shape index (κ3) is 5.38. The van der Waals surface area contributed by atoms with Crippen LogP contribution in [0.4, 0.5) is 0 Å². The number of alkyl halides is 1. The van der Waals surface area contributed by atoms with Crippen molar-refractivity contribution in [2.24, 2.45) is 0 Å². The molecule has 2 aromatic carbocycles. The van der Waals surface area contributed by atoms with Gasteiger partial charge in [0, 0.05) is 11.6 Å². The van der Waals surface area contributed by atoms with E-state index in [1.807, 2.05) is 0 Å². The lowest BCUT2D eigenvalue weighted by Crippen LogP contribution is -2.42. The summed E-state index contributed by atoms with van der Waals surface area (Å²) < 4.78 is 6.31. The number of benzene rings is 2. The molecule has 0 aliphatic carbocycles. The third-order valence-corrected chi connectivity index (χ3v) is 10.9. The highest BCUT2D eigenvalue weighted by Gasteiger charge is 2.32. The first-order valence-corrected chi connectivity index (χ1v) is 11.7. The summed E-state index contributed by atoms with van der Waals surface area (Å²) >= 11 is 3.76. The van der Waals surface area contributed by atoms with E-state index in [-0.39, 0.29) is 0 Å². The Hall–Kier alpha value is -0.903. The van der Waals surface area contributed by atoms with E-state index in [1.165, 1.54) is 23.2 Å². The summed E-state index contributed by atoms with van der Waals surface area (Å²) in [5, 5.41) is 0. The molecule has 0 aliphatic rings. The second-order valence-corrected chi connectivity index (χ2v) is 11.3. The zero-order valence-corrected chi connectivity index (χ0v) is 15.9. The molecule has 0 spiro atoms. The molecule has 2 rings (SSSR count). The molecule has 0 aromatic heterocycles. The van der Waals surface area contributed by atoms with Crippen molar-refractivity contribution in [1.29, 1.82) is 0 Å². The molecular weight excluding hydrogens is 352 g/mol. The average molecular weight is 377 g/mol. The molecule has 0 saturated carbocycles. The molecule has 0 unspecified atom stereocenters. The maximum Gasteiger partial charge on any atom is 0.203 e. The van der Waals surface area contributed by atoms with Gasteiger partial charge in [0.05, 0.1) is 0 Å². The fraction of sp³-hybridized carbons (Fsp3) is 0.368. The van der Waals surface area contributed by atoms with Crippen molar-refractivity contribution < 1.29 is 4.43 Å². The van der Waals surface area contributed by atoms with E-state index >= 15 is 0 Å². The Labute approximate surface area is 144 Å². The van der Waals surface area contributed by atoms with Crippen LogP contribution in [-0.4, -0.2) is 19.9 Å². The predicted molar refractivity (Wildman–Crippen MR) is 101 cm³/mol. The van der Waals surface area contributed by atoms with Crippen molar-refractivity contribution in [3.63, 3.8) is 0 Å². The third-order valence-electron chi connectivity index (χ3n) is 4.12. The molecule has 3 heteroatoms. The maximum absolute atomic E-state index is 6.31. The molecule has 2 aromatic rings. The van der Waals surface area contributed by atoms with Gasteiger partial charge in [-0.15, -0.1) is 0 Å². The van der Waals surface area contributed by atoms with Crippen molar-refractivity contribution in [2.45, 2.75) is 31.9 Å². The van der Waals surface area contributed by atoms with E-state index in [2.05, 4.69) is 83.5 Å². The van der Waals surface area contributed by atoms with Crippen LogP contribution in [0.3, 0.4) is 0 Å². The van der Waals surface area contributed by atoms with Crippen molar-refractivity contribution >= 4 is 24.2 Å². The average Bonchev–Trinajstić information content (AvgIpc) is 2.59. The highest BCUT2D eigenvalue weighted by molar-refractivity contribution is 9.09. The van der Waals surface area contributed by atoms with Gasteiger partial charge in [-0.3, -0.25) is 0 Å². The summed E-state index contributed by atoms with van der Waals surface area (Å²) in [5.41, 5.74) is 2.83. The van der Waals surface area contributed by atoms with Crippen LogP contribution in [0.5, 0.6) is 0 Å². The van der Waals surface area contributed by atoms with Crippen LogP contribution in [-0.2, 0) is 17.3 Å². The lowest BCUT2D eigenvalue weighted by Gasteiger charge is -2.29. The monoisotopic (exact) mass is 376 g/mol. The fourth-order valence-corrected chi connectivity index (χ4v) is 7.93. The van der Waals surface area contributed by atoms with Crippen LogP contribution in [0.15, 0.2) is 60.7 Å². The van der Waals surface area contributed by atoms with Crippen molar-refractivity contribution in [3.05, 3.63) is 71.8 Å². The predicted octanol–water partition coefficient (Wildman–Crippen LogP) is 5.39. The van der Waals surface area contributed by atoms with Crippen LogP contribution < -0.4 is 0 Å².